The molecule has 0 unspecified atom stereocenters. The molecule has 0 saturated heterocycles. The van der Waals surface area contributed by atoms with Crippen LogP contribution in [-0.4, -0.2) is 27.7 Å². The Labute approximate surface area is 154 Å². The largest absolute Gasteiger partial charge is 0.337 e. The Balaban J connectivity index is 1.33. The number of aromatic nitrogens is 3. The fourth-order valence-corrected chi connectivity index (χ4v) is 3.24. The van der Waals surface area contributed by atoms with Crippen molar-refractivity contribution in [1.82, 2.24) is 20.4 Å². The number of nitrogens with one attached hydrogen (secondary N) is 2. The van der Waals surface area contributed by atoms with Gasteiger partial charge in [0, 0.05) is 35.5 Å². The van der Waals surface area contributed by atoms with E-state index in [-0.39, 0.29) is 6.03 Å². The van der Waals surface area contributed by atoms with Crippen molar-refractivity contribution in [3.8, 4) is 11.5 Å². The Morgan fingerprint density at radius 2 is 2.23 bits per heavy atom. The van der Waals surface area contributed by atoms with Gasteiger partial charge in [0.2, 0.25) is 0 Å². The number of nitrogens with zero attached hydrogens (tertiary/aromatic N) is 3. The van der Waals surface area contributed by atoms with Gasteiger partial charge in [0.1, 0.15) is 0 Å². The van der Waals surface area contributed by atoms with Crippen LogP contribution >= 0.6 is 11.3 Å². The molecule has 1 aliphatic rings. The number of benzene rings is 1. The van der Waals surface area contributed by atoms with Crippen LogP contribution in [-0.2, 0) is 6.42 Å². The number of thiazole rings is 1. The van der Waals surface area contributed by atoms with Gasteiger partial charge >= 0.3 is 6.03 Å². The first-order valence-corrected chi connectivity index (χ1v) is 9.45. The third kappa shape index (κ3) is 4.08. The first-order chi connectivity index (χ1) is 12.7. The SMILES string of the molecule is Cc1nc(CCNC(=O)Nc2cccc(-c3nc(C4CC4)no3)c2)cs1. The van der Waals surface area contributed by atoms with Gasteiger partial charge in [0.05, 0.1) is 10.7 Å². The fraction of sp³-hybridized carbons (Fsp3) is 0.333. The minimum atomic E-state index is -0.252. The van der Waals surface area contributed by atoms with Crippen molar-refractivity contribution in [2.75, 3.05) is 11.9 Å². The van der Waals surface area contributed by atoms with Crippen LogP contribution in [0.1, 0.15) is 35.3 Å². The number of anilines is 1. The summed E-state index contributed by atoms with van der Waals surface area (Å²) in [5, 5.41) is 12.7. The van der Waals surface area contributed by atoms with Gasteiger partial charge in [-0.25, -0.2) is 9.78 Å². The maximum Gasteiger partial charge on any atom is 0.319 e. The fourth-order valence-electron chi connectivity index (χ4n) is 2.59. The molecule has 3 aromatic rings. The molecule has 7 nitrogen and oxygen atoms in total. The third-order valence-corrected chi connectivity index (χ3v) is 4.91. The molecule has 2 heterocycles. The molecule has 0 atom stereocenters. The van der Waals surface area contributed by atoms with Gasteiger partial charge in [-0.15, -0.1) is 11.3 Å². The molecule has 0 radical (unpaired) electrons. The second-order valence-corrected chi connectivity index (χ2v) is 7.36. The van der Waals surface area contributed by atoms with Crippen LogP contribution < -0.4 is 10.6 Å². The van der Waals surface area contributed by atoms with Gasteiger partial charge in [0.25, 0.3) is 5.89 Å². The van der Waals surface area contributed by atoms with Crippen LogP contribution in [0, 0.1) is 6.92 Å². The van der Waals surface area contributed by atoms with Crippen LogP contribution in [0.25, 0.3) is 11.5 Å². The maximum atomic E-state index is 12.1. The highest BCUT2D eigenvalue weighted by Gasteiger charge is 2.29. The number of carbonyl (C=O) groups excluding carboxylic acids is 1. The highest BCUT2D eigenvalue weighted by molar-refractivity contribution is 7.09. The summed E-state index contributed by atoms with van der Waals surface area (Å²) in [6.45, 7) is 2.50. The van der Waals surface area contributed by atoms with Crippen LogP contribution in [0.4, 0.5) is 10.5 Å². The molecule has 0 spiro atoms. The molecule has 26 heavy (non-hydrogen) atoms. The normalized spacial score (nSPS) is 13.6. The molecule has 2 aromatic heterocycles. The Morgan fingerprint density at radius 3 is 3.00 bits per heavy atom. The summed E-state index contributed by atoms with van der Waals surface area (Å²) in [5.41, 5.74) is 2.47. The zero-order valence-corrected chi connectivity index (χ0v) is 15.2. The number of amides is 2. The molecule has 1 aliphatic carbocycles. The molecule has 1 saturated carbocycles. The Bertz CT molecular complexity index is 916. The van der Waals surface area contributed by atoms with Crippen molar-refractivity contribution >= 4 is 23.1 Å². The zero-order valence-electron chi connectivity index (χ0n) is 14.4. The average molecular weight is 369 g/mol. The van der Waals surface area contributed by atoms with Crippen LogP contribution in [0.5, 0.6) is 0 Å². The van der Waals surface area contributed by atoms with Crippen molar-refractivity contribution in [1.29, 1.82) is 0 Å². The van der Waals surface area contributed by atoms with Gasteiger partial charge < -0.3 is 15.2 Å². The maximum absolute atomic E-state index is 12.1. The van der Waals surface area contributed by atoms with Crippen molar-refractivity contribution in [3.05, 3.63) is 46.2 Å². The molecule has 8 heteroatoms. The van der Waals surface area contributed by atoms with E-state index in [0.717, 1.165) is 34.9 Å². The molecular weight excluding hydrogens is 350 g/mol. The van der Waals surface area contributed by atoms with Gasteiger partial charge in [-0.05, 0) is 38.0 Å². The summed E-state index contributed by atoms with van der Waals surface area (Å²) in [6.07, 6.45) is 2.96. The molecule has 2 amide bonds. The van der Waals surface area contributed by atoms with Crippen molar-refractivity contribution in [2.45, 2.75) is 32.1 Å². The molecule has 1 aromatic carbocycles. The monoisotopic (exact) mass is 369 g/mol. The van der Waals surface area contributed by atoms with Crippen molar-refractivity contribution in [2.24, 2.45) is 0 Å². The zero-order chi connectivity index (χ0) is 17.9. The van der Waals surface area contributed by atoms with E-state index in [0.29, 0.717) is 30.5 Å². The van der Waals surface area contributed by atoms with E-state index in [1.54, 1.807) is 11.3 Å². The summed E-state index contributed by atoms with van der Waals surface area (Å²) >= 11 is 1.61. The van der Waals surface area contributed by atoms with Crippen molar-refractivity contribution in [3.63, 3.8) is 0 Å². The van der Waals surface area contributed by atoms with Gasteiger partial charge in [-0.1, -0.05) is 11.2 Å². The summed E-state index contributed by atoms with van der Waals surface area (Å²) in [7, 11) is 0. The standard InChI is InChI=1S/C18H19N5O2S/c1-11-20-15(10-26-11)7-8-19-18(24)21-14-4-2-3-13(9-14)17-22-16(23-25-17)12-5-6-12/h2-4,9-10,12H,5-8H2,1H3,(H2,19,21,24). The van der Waals surface area contributed by atoms with E-state index in [2.05, 4.69) is 25.8 Å². The Kier molecular flexibility index (Phi) is 4.66. The highest BCUT2D eigenvalue weighted by Crippen LogP contribution is 2.38. The highest BCUT2D eigenvalue weighted by atomic mass is 32.1. The third-order valence-electron chi connectivity index (χ3n) is 4.08. The second-order valence-electron chi connectivity index (χ2n) is 6.30. The van der Waals surface area contributed by atoms with Crippen molar-refractivity contribution < 1.29 is 9.32 Å². The van der Waals surface area contributed by atoms with E-state index in [1.165, 1.54) is 0 Å². The Morgan fingerprint density at radius 1 is 1.35 bits per heavy atom. The predicted octanol–water partition coefficient (Wildman–Crippen LogP) is 3.74. The van der Waals surface area contributed by atoms with E-state index in [4.69, 9.17) is 4.52 Å². The molecule has 0 aliphatic heterocycles. The summed E-state index contributed by atoms with van der Waals surface area (Å²) in [4.78, 5) is 20.9. The van der Waals surface area contributed by atoms with Gasteiger partial charge in [-0.2, -0.15) is 4.98 Å². The number of aryl methyl sites for hydroxylation is 1. The molecular formula is C18H19N5O2S. The molecule has 0 bridgehead atoms. The number of carbonyl (C=O) groups is 1. The summed E-state index contributed by atoms with van der Waals surface area (Å²) < 4.78 is 5.33. The molecule has 4 rings (SSSR count). The van der Waals surface area contributed by atoms with Crippen LogP contribution in [0.2, 0.25) is 0 Å². The lowest BCUT2D eigenvalue weighted by atomic mass is 10.2. The average Bonchev–Trinajstić information content (AvgIpc) is 3.21. The van der Waals surface area contributed by atoms with E-state index < -0.39 is 0 Å². The quantitative estimate of drug-likeness (QED) is 0.690. The molecule has 1 fully saturated rings. The number of hydrogen-bond acceptors (Lipinski definition) is 6. The lowest BCUT2D eigenvalue weighted by Gasteiger charge is -2.07. The minimum Gasteiger partial charge on any atom is -0.337 e. The number of rotatable bonds is 6. The van der Waals surface area contributed by atoms with Crippen LogP contribution in [0.15, 0.2) is 34.2 Å². The molecule has 2 N–H and O–H groups in total. The van der Waals surface area contributed by atoms with E-state index in [9.17, 15) is 4.79 Å². The minimum absolute atomic E-state index is 0.252. The first kappa shape index (κ1) is 16.7. The number of urea groups is 1. The first-order valence-electron chi connectivity index (χ1n) is 8.57. The molecule has 134 valence electrons. The topological polar surface area (TPSA) is 92.9 Å². The smallest absolute Gasteiger partial charge is 0.319 e. The lowest BCUT2D eigenvalue weighted by Crippen LogP contribution is -2.30. The van der Waals surface area contributed by atoms with Crippen LogP contribution in [0.3, 0.4) is 0 Å². The predicted molar refractivity (Wildman–Crippen MR) is 99.3 cm³/mol. The van der Waals surface area contributed by atoms with Gasteiger partial charge in [0.15, 0.2) is 5.82 Å². The van der Waals surface area contributed by atoms with Gasteiger partial charge in [-0.3, -0.25) is 0 Å². The Hall–Kier alpha value is -2.74. The number of hydrogen-bond donors (Lipinski definition) is 2. The lowest BCUT2D eigenvalue weighted by molar-refractivity contribution is 0.252. The summed E-state index contributed by atoms with van der Waals surface area (Å²) in [6, 6.07) is 7.14. The summed E-state index contributed by atoms with van der Waals surface area (Å²) in [5.74, 6) is 1.70. The second kappa shape index (κ2) is 7.25. The van der Waals surface area contributed by atoms with E-state index >= 15 is 0 Å². The van der Waals surface area contributed by atoms with E-state index in [1.807, 2.05) is 36.6 Å².